The van der Waals surface area contributed by atoms with E-state index in [9.17, 15) is 14.9 Å². The zero-order valence-electron chi connectivity index (χ0n) is 13.9. The summed E-state index contributed by atoms with van der Waals surface area (Å²) >= 11 is 0. The number of hydrogen-bond donors (Lipinski definition) is 3. The molecule has 0 fully saturated rings. The van der Waals surface area contributed by atoms with Crippen LogP contribution in [0.15, 0.2) is 23.1 Å². The lowest BCUT2D eigenvalue weighted by atomic mass is 10.2. The highest BCUT2D eigenvalue weighted by atomic mass is 16.5. The first-order valence-corrected chi connectivity index (χ1v) is 7.30. The molecule has 4 N–H and O–H groups in total. The van der Waals surface area contributed by atoms with E-state index in [1.54, 1.807) is 12.1 Å². The quantitative estimate of drug-likeness (QED) is 0.608. The number of aromatic nitrogens is 3. The number of aromatic amines is 2. The Morgan fingerprint density at radius 3 is 2.52 bits per heavy atom. The average molecular weight is 340 g/mol. The van der Waals surface area contributed by atoms with Crippen molar-refractivity contribution in [1.29, 1.82) is 5.26 Å². The SMILES string of the molecule is COC(=O)c1c(N)c(C#N)cn1-c1cc2[nH]c(=O)[nH]c2cc1N(C)C. The number of nitrogens with two attached hydrogens (primary N) is 1. The maximum Gasteiger partial charge on any atom is 0.357 e. The fourth-order valence-corrected chi connectivity index (χ4v) is 2.72. The second-order valence-electron chi connectivity index (χ2n) is 5.64. The van der Waals surface area contributed by atoms with E-state index in [0.717, 1.165) is 0 Å². The van der Waals surface area contributed by atoms with Gasteiger partial charge < -0.3 is 29.9 Å². The van der Waals surface area contributed by atoms with Crippen molar-refractivity contribution in [3.63, 3.8) is 0 Å². The Kier molecular flexibility index (Phi) is 3.73. The van der Waals surface area contributed by atoms with E-state index in [1.165, 1.54) is 17.9 Å². The number of nitrogens with zero attached hydrogens (tertiary/aromatic N) is 3. The van der Waals surface area contributed by atoms with Crippen LogP contribution in [0.1, 0.15) is 16.1 Å². The van der Waals surface area contributed by atoms with Gasteiger partial charge in [0.1, 0.15) is 6.07 Å². The predicted octanol–water partition coefficient (Wildman–Crippen LogP) is 0.953. The summed E-state index contributed by atoms with van der Waals surface area (Å²) < 4.78 is 6.30. The summed E-state index contributed by atoms with van der Waals surface area (Å²) in [7, 11) is 4.89. The van der Waals surface area contributed by atoms with Crippen LogP contribution in [-0.2, 0) is 4.74 Å². The van der Waals surface area contributed by atoms with Gasteiger partial charge in [-0.05, 0) is 12.1 Å². The first-order chi connectivity index (χ1) is 11.9. The summed E-state index contributed by atoms with van der Waals surface area (Å²) in [6.07, 6.45) is 1.47. The summed E-state index contributed by atoms with van der Waals surface area (Å²) in [5.74, 6) is -0.661. The van der Waals surface area contributed by atoms with Gasteiger partial charge >= 0.3 is 11.7 Å². The van der Waals surface area contributed by atoms with Gasteiger partial charge in [0.25, 0.3) is 0 Å². The van der Waals surface area contributed by atoms with Crippen molar-refractivity contribution < 1.29 is 9.53 Å². The van der Waals surface area contributed by atoms with Crippen molar-refractivity contribution in [2.75, 3.05) is 31.8 Å². The third kappa shape index (κ3) is 2.49. The molecule has 0 radical (unpaired) electrons. The van der Waals surface area contributed by atoms with Crippen LogP contribution in [0, 0.1) is 11.3 Å². The molecule has 0 aliphatic heterocycles. The number of benzene rings is 1. The van der Waals surface area contributed by atoms with Crippen molar-refractivity contribution >= 4 is 28.4 Å². The summed E-state index contributed by atoms with van der Waals surface area (Å²) in [5.41, 5.74) is 8.34. The number of imidazole rings is 1. The largest absolute Gasteiger partial charge is 0.464 e. The zero-order valence-corrected chi connectivity index (χ0v) is 13.9. The number of nitrogen functional groups attached to an aromatic ring is 1. The number of anilines is 2. The van der Waals surface area contributed by atoms with Gasteiger partial charge in [-0.3, -0.25) is 0 Å². The Balaban J connectivity index is 2.39. The van der Waals surface area contributed by atoms with Gasteiger partial charge in [-0.1, -0.05) is 0 Å². The minimum atomic E-state index is -0.661. The van der Waals surface area contributed by atoms with Crippen molar-refractivity contribution in [3.8, 4) is 11.8 Å². The molecule has 0 aliphatic carbocycles. The fraction of sp³-hybridized carbons (Fsp3) is 0.188. The molecule has 0 saturated carbocycles. The molecule has 0 bridgehead atoms. The van der Waals surface area contributed by atoms with E-state index >= 15 is 0 Å². The molecule has 0 unspecified atom stereocenters. The van der Waals surface area contributed by atoms with Crippen LogP contribution in [0.5, 0.6) is 0 Å². The second-order valence-corrected chi connectivity index (χ2v) is 5.64. The minimum absolute atomic E-state index is 0.0433. The van der Waals surface area contributed by atoms with Crippen molar-refractivity contribution in [1.82, 2.24) is 14.5 Å². The van der Waals surface area contributed by atoms with E-state index < -0.39 is 5.97 Å². The number of H-pyrrole nitrogens is 2. The van der Waals surface area contributed by atoms with Gasteiger partial charge in [0.05, 0.1) is 40.8 Å². The number of nitriles is 1. The molecule has 3 aromatic rings. The van der Waals surface area contributed by atoms with E-state index in [2.05, 4.69) is 9.97 Å². The molecule has 0 spiro atoms. The number of rotatable bonds is 3. The Bertz CT molecular complexity index is 1080. The summed E-state index contributed by atoms with van der Waals surface area (Å²) in [6.45, 7) is 0. The van der Waals surface area contributed by atoms with Crippen LogP contribution in [-0.4, -0.2) is 41.7 Å². The lowest BCUT2D eigenvalue weighted by molar-refractivity contribution is 0.0593. The number of methoxy groups -OCH3 is 1. The number of esters is 1. The fourth-order valence-electron chi connectivity index (χ4n) is 2.72. The van der Waals surface area contributed by atoms with Crippen LogP contribution >= 0.6 is 0 Å². The monoisotopic (exact) mass is 340 g/mol. The molecule has 9 heteroatoms. The smallest absolute Gasteiger partial charge is 0.357 e. The van der Waals surface area contributed by atoms with Gasteiger partial charge in [0.2, 0.25) is 0 Å². The van der Waals surface area contributed by atoms with Crippen molar-refractivity contribution in [2.24, 2.45) is 0 Å². The zero-order chi connectivity index (χ0) is 18.3. The van der Waals surface area contributed by atoms with Crippen LogP contribution in [0.25, 0.3) is 16.7 Å². The molecule has 3 rings (SSSR count). The molecule has 0 amide bonds. The maximum atomic E-state index is 12.2. The number of ether oxygens (including phenoxy) is 1. The van der Waals surface area contributed by atoms with E-state index in [-0.39, 0.29) is 22.6 Å². The molecule has 25 heavy (non-hydrogen) atoms. The molecule has 0 atom stereocenters. The molecule has 2 aromatic heterocycles. The molecular formula is C16H16N6O3. The Labute approximate surface area is 142 Å². The normalized spacial score (nSPS) is 10.6. The van der Waals surface area contributed by atoms with Crippen molar-refractivity contribution in [3.05, 3.63) is 40.1 Å². The van der Waals surface area contributed by atoms with Crippen LogP contribution in [0.2, 0.25) is 0 Å². The first-order valence-electron chi connectivity index (χ1n) is 7.30. The number of carbonyl (C=O) groups excluding carboxylic acids is 1. The maximum absolute atomic E-state index is 12.2. The Hall–Kier alpha value is -3.67. The number of nitrogens with one attached hydrogen (secondary N) is 2. The minimum Gasteiger partial charge on any atom is -0.464 e. The molecule has 1 aromatic carbocycles. The van der Waals surface area contributed by atoms with E-state index in [0.29, 0.717) is 22.4 Å². The predicted molar refractivity (Wildman–Crippen MR) is 93.0 cm³/mol. The highest BCUT2D eigenvalue weighted by Crippen LogP contribution is 2.32. The Morgan fingerprint density at radius 2 is 1.96 bits per heavy atom. The molecule has 128 valence electrons. The van der Waals surface area contributed by atoms with Gasteiger partial charge in [0, 0.05) is 20.3 Å². The molecule has 2 heterocycles. The Morgan fingerprint density at radius 1 is 1.32 bits per heavy atom. The van der Waals surface area contributed by atoms with E-state index in [4.69, 9.17) is 10.5 Å². The molecule has 9 nitrogen and oxygen atoms in total. The summed E-state index contributed by atoms with van der Waals surface area (Å²) in [4.78, 5) is 31.0. The third-order valence-electron chi connectivity index (χ3n) is 3.90. The summed E-state index contributed by atoms with van der Waals surface area (Å²) in [6, 6.07) is 5.44. The number of carbonyl (C=O) groups is 1. The van der Waals surface area contributed by atoms with Crippen LogP contribution in [0.3, 0.4) is 0 Å². The third-order valence-corrected chi connectivity index (χ3v) is 3.90. The van der Waals surface area contributed by atoms with Crippen molar-refractivity contribution in [2.45, 2.75) is 0 Å². The van der Waals surface area contributed by atoms with Gasteiger partial charge in [-0.15, -0.1) is 0 Å². The molecule has 0 saturated heterocycles. The highest BCUT2D eigenvalue weighted by molar-refractivity contribution is 5.97. The highest BCUT2D eigenvalue weighted by Gasteiger charge is 2.24. The van der Waals surface area contributed by atoms with E-state index in [1.807, 2.05) is 25.1 Å². The van der Waals surface area contributed by atoms with Gasteiger partial charge in [-0.2, -0.15) is 5.26 Å². The van der Waals surface area contributed by atoms with Gasteiger partial charge in [-0.25, -0.2) is 9.59 Å². The lowest BCUT2D eigenvalue weighted by Crippen LogP contribution is -2.16. The van der Waals surface area contributed by atoms with Gasteiger partial charge in [0.15, 0.2) is 5.69 Å². The average Bonchev–Trinajstić information content (AvgIpc) is 3.10. The first kappa shape index (κ1) is 16.2. The van der Waals surface area contributed by atoms with Crippen LogP contribution < -0.4 is 16.3 Å². The standard InChI is InChI=1S/C16H16N6O3/c1-21(2)11-4-9-10(20-16(24)19-9)5-12(11)22-7-8(6-17)13(18)14(22)15(23)25-3/h4-5,7H,18H2,1-3H3,(H2,19,20,24). The van der Waals surface area contributed by atoms with Crippen LogP contribution in [0.4, 0.5) is 11.4 Å². The second kappa shape index (κ2) is 5.76. The topological polar surface area (TPSA) is 133 Å². The molecule has 0 aliphatic rings. The summed E-state index contributed by atoms with van der Waals surface area (Å²) in [5, 5.41) is 9.25. The lowest BCUT2D eigenvalue weighted by Gasteiger charge is -2.19. The molecular weight excluding hydrogens is 324 g/mol. The number of hydrogen-bond acceptors (Lipinski definition) is 6. The number of fused-ring (bicyclic) bond motifs is 1.